The molecule has 2 fully saturated rings. The summed E-state index contributed by atoms with van der Waals surface area (Å²) < 4.78 is 31.9. The van der Waals surface area contributed by atoms with Crippen molar-refractivity contribution >= 4 is 15.9 Å². The second-order valence-electron chi connectivity index (χ2n) is 6.66. The Bertz CT molecular complexity index is 664. The summed E-state index contributed by atoms with van der Waals surface area (Å²) in [6.07, 6.45) is 1.75. The Balaban J connectivity index is 1.49. The zero-order valence-corrected chi connectivity index (χ0v) is 15.3. The Labute approximate surface area is 149 Å². The van der Waals surface area contributed by atoms with E-state index in [2.05, 4.69) is 0 Å². The molecule has 0 aromatic heterocycles. The molecule has 25 heavy (non-hydrogen) atoms. The number of hydrogen-bond donors (Lipinski definition) is 0. The van der Waals surface area contributed by atoms with Gasteiger partial charge in [-0.15, -0.1) is 0 Å². The van der Waals surface area contributed by atoms with Crippen molar-refractivity contribution in [1.29, 1.82) is 0 Å². The highest BCUT2D eigenvalue weighted by Gasteiger charge is 2.33. The number of carbonyl (C=O) groups is 1. The highest BCUT2D eigenvalue weighted by Crippen LogP contribution is 2.22. The second-order valence-corrected chi connectivity index (χ2v) is 8.75. The summed E-state index contributed by atoms with van der Waals surface area (Å²) >= 11 is 0. The van der Waals surface area contributed by atoms with Crippen LogP contribution in [0.5, 0.6) is 0 Å². The molecule has 7 heteroatoms. The van der Waals surface area contributed by atoms with Gasteiger partial charge in [-0.05, 0) is 24.8 Å². The first-order valence-electron chi connectivity index (χ1n) is 8.94. The fraction of sp³-hybridized carbons (Fsp3) is 0.611. The van der Waals surface area contributed by atoms with Crippen molar-refractivity contribution in [2.45, 2.75) is 19.3 Å². The summed E-state index contributed by atoms with van der Waals surface area (Å²) in [4.78, 5) is 14.4. The lowest BCUT2D eigenvalue weighted by atomic mass is 9.96. The number of benzene rings is 1. The van der Waals surface area contributed by atoms with Gasteiger partial charge in [0.2, 0.25) is 15.9 Å². The van der Waals surface area contributed by atoms with Crippen molar-refractivity contribution in [3.05, 3.63) is 35.9 Å². The predicted octanol–water partition coefficient (Wildman–Crippen LogP) is 1.13. The van der Waals surface area contributed by atoms with Gasteiger partial charge < -0.3 is 9.64 Å². The Hall–Kier alpha value is -1.44. The molecular weight excluding hydrogens is 340 g/mol. The second kappa shape index (κ2) is 8.29. The molecule has 0 radical (unpaired) electrons. The van der Waals surface area contributed by atoms with Crippen LogP contribution in [0.15, 0.2) is 30.3 Å². The third-order valence-corrected chi connectivity index (χ3v) is 6.88. The highest BCUT2D eigenvalue weighted by molar-refractivity contribution is 7.89. The lowest BCUT2D eigenvalue weighted by molar-refractivity contribution is -0.140. The van der Waals surface area contributed by atoms with E-state index in [9.17, 15) is 13.2 Å². The van der Waals surface area contributed by atoms with Crippen LogP contribution < -0.4 is 0 Å². The number of piperidine rings is 1. The molecule has 0 unspecified atom stereocenters. The Kier molecular flexibility index (Phi) is 6.09. The average Bonchev–Trinajstić information content (AvgIpc) is 2.67. The maximum atomic E-state index is 12.6. The molecule has 0 N–H and O–H groups in total. The van der Waals surface area contributed by atoms with Gasteiger partial charge in [-0.2, -0.15) is 0 Å². The smallest absolute Gasteiger partial charge is 0.225 e. The average molecular weight is 366 g/mol. The normalized spacial score (nSPS) is 20.6. The Morgan fingerprint density at radius 2 is 1.68 bits per heavy atom. The summed E-state index contributed by atoms with van der Waals surface area (Å²) in [6, 6.07) is 9.66. The molecule has 0 aliphatic carbocycles. The number of carbonyl (C=O) groups excluding carboxylic acids is 1. The van der Waals surface area contributed by atoms with Crippen molar-refractivity contribution in [2.24, 2.45) is 5.92 Å². The van der Waals surface area contributed by atoms with Crippen LogP contribution in [0.1, 0.15) is 18.4 Å². The van der Waals surface area contributed by atoms with E-state index in [1.807, 2.05) is 35.2 Å². The van der Waals surface area contributed by atoms with E-state index in [1.165, 1.54) is 0 Å². The molecule has 3 rings (SSSR count). The van der Waals surface area contributed by atoms with Crippen LogP contribution in [0.3, 0.4) is 0 Å². The first-order chi connectivity index (χ1) is 12.1. The third kappa shape index (κ3) is 4.80. The quantitative estimate of drug-likeness (QED) is 0.784. The van der Waals surface area contributed by atoms with Gasteiger partial charge in [-0.3, -0.25) is 4.79 Å². The largest absolute Gasteiger partial charge is 0.378 e. The van der Waals surface area contributed by atoms with Crippen molar-refractivity contribution in [2.75, 3.05) is 45.1 Å². The van der Waals surface area contributed by atoms with Gasteiger partial charge in [0.15, 0.2) is 0 Å². The van der Waals surface area contributed by atoms with Crippen molar-refractivity contribution < 1.29 is 17.9 Å². The number of morpholine rings is 1. The van der Waals surface area contributed by atoms with Gasteiger partial charge in [-0.25, -0.2) is 12.7 Å². The molecule has 0 saturated carbocycles. The van der Waals surface area contributed by atoms with Crippen LogP contribution in [0.4, 0.5) is 0 Å². The minimum Gasteiger partial charge on any atom is -0.378 e. The van der Waals surface area contributed by atoms with E-state index in [0.717, 1.165) is 5.56 Å². The fourth-order valence-electron chi connectivity index (χ4n) is 3.44. The number of nitrogens with zero attached hydrogens (tertiary/aromatic N) is 2. The van der Waals surface area contributed by atoms with E-state index in [-0.39, 0.29) is 17.6 Å². The molecule has 138 valence electrons. The molecule has 2 aliphatic rings. The lowest BCUT2D eigenvalue weighted by Gasteiger charge is -2.35. The highest BCUT2D eigenvalue weighted by atomic mass is 32.2. The van der Waals surface area contributed by atoms with Crippen molar-refractivity contribution in [3.63, 3.8) is 0 Å². The summed E-state index contributed by atoms with van der Waals surface area (Å²) in [6.45, 7) is 3.37. The van der Waals surface area contributed by atoms with Crippen molar-refractivity contribution in [1.82, 2.24) is 9.21 Å². The van der Waals surface area contributed by atoms with E-state index >= 15 is 0 Å². The van der Waals surface area contributed by atoms with Gasteiger partial charge >= 0.3 is 0 Å². The van der Waals surface area contributed by atoms with Crippen molar-refractivity contribution in [3.8, 4) is 0 Å². The van der Waals surface area contributed by atoms with Crippen LogP contribution in [0.2, 0.25) is 0 Å². The monoisotopic (exact) mass is 366 g/mol. The molecule has 1 aromatic rings. The third-order valence-electron chi connectivity index (χ3n) is 5.01. The van der Waals surface area contributed by atoms with Gasteiger partial charge in [-0.1, -0.05) is 30.3 Å². The zero-order chi connectivity index (χ0) is 17.7. The molecule has 2 saturated heterocycles. The first kappa shape index (κ1) is 18.4. The summed E-state index contributed by atoms with van der Waals surface area (Å²) in [5.41, 5.74) is 1.03. The molecule has 1 aromatic carbocycles. The minimum absolute atomic E-state index is 0.0568. The standard InChI is InChI=1S/C18H26N2O4S/c21-18(19-11-13-24-14-12-19)17-6-9-20(10-7-17)25(22,23)15-8-16-4-2-1-3-5-16/h1-5,17H,6-15H2. The van der Waals surface area contributed by atoms with Crippen LogP contribution >= 0.6 is 0 Å². The fourth-order valence-corrected chi connectivity index (χ4v) is 4.96. The van der Waals surface area contributed by atoms with Gasteiger partial charge in [0.1, 0.15) is 0 Å². The summed E-state index contributed by atoms with van der Waals surface area (Å²) in [5.74, 6) is 0.224. The number of amides is 1. The van der Waals surface area contributed by atoms with Gasteiger partial charge in [0.25, 0.3) is 0 Å². The molecule has 1 amide bonds. The predicted molar refractivity (Wildman–Crippen MR) is 95.6 cm³/mol. The van der Waals surface area contributed by atoms with Gasteiger partial charge in [0, 0.05) is 32.1 Å². The molecule has 0 bridgehead atoms. The SMILES string of the molecule is O=C(C1CCN(S(=O)(=O)CCc2ccccc2)CC1)N1CCOCC1. The molecule has 6 nitrogen and oxygen atoms in total. The number of aryl methyl sites for hydroxylation is 1. The summed E-state index contributed by atoms with van der Waals surface area (Å²) in [7, 11) is -3.27. The number of rotatable bonds is 5. The van der Waals surface area contributed by atoms with Gasteiger partial charge in [0.05, 0.1) is 19.0 Å². The number of hydrogen-bond acceptors (Lipinski definition) is 4. The molecule has 2 aliphatic heterocycles. The van der Waals surface area contributed by atoms with Crippen LogP contribution in [0, 0.1) is 5.92 Å². The maximum absolute atomic E-state index is 12.6. The molecule has 2 heterocycles. The maximum Gasteiger partial charge on any atom is 0.225 e. The minimum atomic E-state index is -3.27. The number of sulfonamides is 1. The molecular formula is C18H26N2O4S. The molecule has 0 spiro atoms. The lowest BCUT2D eigenvalue weighted by Crippen LogP contribution is -2.48. The molecule has 0 atom stereocenters. The topological polar surface area (TPSA) is 66.9 Å². The van der Waals surface area contributed by atoms with E-state index in [1.54, 1.807) is 4.31 Å². The van der Waals surface area contributed by atoms with Crippen LogP contribution in [0.25, 0.3) is 0 Å². The van der Waals surface area contributed by atoms with Crippen LogP contribution in [-0.4, -0.2) is 68.7 Å². The Morgan fingerprint density at radius 3 is 2.32 bits per heavy atom. The first-order valence-corrected chi connectivity index (χ1v) is 10.6. The van der Waals surface area contributed by atoms with E-state index in [4.69, 9.17) is 4.74 Å². The van der Waals surface area contributed by atoms with Crippen LogP contribution in [-0.2, 0) is 26.0 Å². The summed E-state index contributed by atoms with van der Waals surface area (Å²) in [5, 5.41) is 0. The number of ether oxygens (including phenoxy) is 1. The zero-order valence-electron chi connectivity index (χ0n) is 14.5. The van der Waals surface area contributed by atoms with E-state index in [0.29, 0.717) is 58.7 Å². The van der Waals surface area contributed by atoms with E-state index < -0.39 is 10.0 Å². The Morgan fingerprint density at radius 1 is 1.04 bits per heavy atom.